The number of hydrogen-bond acceptors (Lipinski definition) is 3. The van der Waals surface area contributed by atoms with Crippen LogP contribution >= 0.6 is 23.4 Å². The number of halogens is 1. The van der Waals surface area contributed by atoms with Crippen molar-refractivity contribution in [3.05, 3.63) is 83.5 Å². The zero-order chi connectivity index (χ0) is 20.0. The highest BCUT2D eigenvalue weighted by Crippen LogP contribution is 2.48. The van der Waals surface area contributed by atoms with Crippen LogP contribution < -0.4 is 4.90 Å². The predicted molar refractivity (Wildman–Crippen MR) is 116 cm³/mol. The third kappa shape index (κ3) is 3.03. The van der Waals surface area contributed by atoms with Gasteiger partial charge in [-0.2, -0.15) is 0 Å². The maximum Gasteiger partial charge on any atom is 0.251 e. The molecule has 1 amide bonds. The van der Waals surface area contributed by atoms with E-state index in [4.69, 9.17) is 11.6 Å². The van der Waals surface area contributed by atoms with E-state index in [0.717, 1.165) is 38.4 Å². The number of carbonyl (C=O) groups is 2. The Morgan fingerprint density at radius 3 is 2.59 bits per heavy atom. The molecule has 0 atom stereocenters. The van der Waals surface area contributed by atoms with Gasteiger partial charge in [0.2, 0.25) is 0 Å². The molecule has 1 aliphatic heterocycles. The highest BCUT2D eigenvalue weighted by molar-refractivity contribution is 7.99. The molecule has 6 heteroatoms. The van der Waals surface area contributed by atoms with Gasteiger partial charge in [-0.15, -0.1) is 0 Å². The lowest BCUT2D eigenvalue weighted by Crippen LogP contribution is -2.31. The number of aldehydes is 1. The first kappa shape index (κ1) is 18.0. The van der Waals surface area contributed by atoms with Gasteiger partial charge in [-0.05, 0) is 36.4 Å². The van der Waals surface area contributed by atoms with Gasteiger partial charge in [0, 0.05) is 37.5 Å². The SMILES string of the molecule is O=Cc1cn(CC(=O)N2c3ccccc3Sc3ccc(Cl)cc32)c2ccccc12. The summed E-state index contributed by atoms with van der Waals surface area (Å²) in [5.41, 5.74) is 3.04. The van der Waals surface area contributed by atoms with Crippen LogP contribution in [0.25, 0.3) is 10.9 Å². The Kier molecular flexibility index (Phi) is 4.42. The molecule has 4 nitrogen and oxygen atoms in total. The minimum Gasteiger partial charge on any atom is -0.337 e. The average Bonchev–Trinajstić information content (AvgIpc) is 3.09. The number of benzene rings is 3. The Bertz CT molecular complexity index is 1280. The van der Waals surface area contributed by atoms with Crippen molar-refractivity contribution >= 4 is 57.8 Å². The molecule has 0 saturated carbocycles. The lowest BCUT2D eigenvalue weighted by atomic mass is 10.2. The number of rotatable bonds is 3. The molecule has 0 unspecified atom stereocenters. The maximum atomic E-state index is 13.5. The molecule has 142 valence electrons. The van der Waals surface area contributed by atoms with E-state index in [1.807, 2.05) is 71.3 Å². The summed E-state index contributed by atoms with van der Waals surface area (Å²) in [4.78, 5) is 28.7. The fourth-order valence-corrected chi connectivity index (χ4v) is 4.92. The van der Waals surface area contributed by atoms with Gasteiger partial charge in [-0.3, -0.25) is 14.5 Å². The third-order valence-electron chi connectivity index (χ3n) is 4.99. The molecule has 1 aromatic heterocycles. The summed E-state index contributed by atoms with van der Waals surface area (Å²) >= 11 is 7.87. The van der Waals surface area contributed by atoms with E-state index in [1.165, 1.54) is 0 Å². The molecule has 1 aliphatic rings. The van der Waals surface area contributed by atoms with Gasteiger partial charge in [0.05, 0.1) is 11.4 Å². The number of para-hydroxylation sites is 2. The number of carbonyl (C=O) groups excluding carboxylic acids is 2. The van der Waals surface area contributed by atoms with Crippen molar-refractivity contribution in [1.82, 2.24) is 4.57 Å². The standard InChI is InChI=1S/C23H15ClN2O2S/c24-16-9-10-22-20(11-16)26(19-7-3-4-8-21(19)29-22)23(28)13-25-12-15(14-27)17-5-1-2-6-18(17)25/h1-12,14H,13H2. The van der Waals surface area contributed by atoms with Gasteiger partial charge < -0.3 is 4.57 Å². The Morgan fingerprint density at radius 2 is 1.72 bits per heavy atom. The summed E-state index contributed by atoms with van der Waals surface area (Å²) in [6.45, 7) is 0.110. The largest absolute Gasteiger partial charge is 0.337 e. The van der Waals surface area contributed by atoms with Crippen LogP contribution in [0.2, 0.25) is 5.02 Å². The van der Waals surface area contributed by atoms with Gasteiger partial charge >= 0.3 is 0 Å². The lowest BCUT2D eigenvalue weighted by Gasteiger charge is -2.31. The van der Waals surface area contributed by atoms with Crippen molar-refractivity contribution < 1.29 is 9.59 Å². The summed E-state index contributed by atoms with van der Waals surface area (Å²) in [6.07, 6.45) is 2.56. The van der Waals surface area contributed by atoms with Crippen LogP contribution in [0.1, 0.15) is 10.4 Å². The van der Waals surface area contributed by atoms with Crippen LogP contribution in [0.4, 0.5) is 11.4 Å². The molecule has 0 N–H and O–H groups in total. The van der Waals surface area contributed by atoms with Gasteiger partial charge in [-0.25, -0.2) is 0 Å². The molecule has 0 spiro atoms. The normalized spacial score (nSPS) is 12.5. The van der Waals surface area contributed by atoms with Crippen molar-refractivity contribution in [2.75, 3.05) is 4.90 Å². The molecule has 3 aromatic carbocycles. The van der Waals surface area contributed by atoms with E-state index < -0.39 is 0 Å². The van der Waals surface area contributed by atoms with Gasteiger partial charge in [0.15, 0.2) is 6.29 Å². The molecule has 0 bridgehead atoms. The van der Waals surface area contributed by atoms with Crippen molar-refractivity contribution in [2.45, 2.75) is 16.3 Å². The summed E-state index contributed by atoms with van der Waals surface area (Å²) in [5.74, 6) is -0.0977. The molecular weight excluding hydrogens is 404 g/mol. The number of hydrogen-bond donors (Lipinski definition) is 0. The van der Waals surface area contributed by atoms with Crippen LogP contribution in [-0.2, 0) is 11.3 Å². The Balaban J connectivity index is 1.61. The van der Waals surface area contributed by atoms with Crippen LogP contribution in [0.5, 0.6) is 0 Å². The van der Waals surface area contributed by atoms with Gasteiger partial charge in [-0.1, -0.05) is 53.7 Å². The Hall–Kier alpha value is -3.02. The number of fused-ring (bicyclic) bond motifs is 3. The first-order chi connectivity index (χ1) is 14.2. The average molecular weight is 419 g/mol. The monoisotopic (exact) mass is 418 g/mol. The second kappa shape index (κ2) is 7.10. The number of aromatic nitrogens is 1. The maximum absolute atomic E-state index is 13.5. The van der Waals surface area contributed by atoms with Crippen molar-refractivity contribution in [2.24, 2.45) is 0 Å². The minimum absolute atomic E-state index is 0.0977. The number of amides is 1. The molecule has 0 aliphatic carbocycles. The second-order valence-electron chi connectivity index (χ2n) is 6.76. The van der Waals surface area contributed by atoms with Crippen LogP contribution in [0.15, 0.2) is 82.7 Å². The molecule has 4 aromatic rings. The quantitative estimate of drug-likeness (QED) is 0.387. The zero-order valence-electron chi connectivity index (χ0n) is 15.2. The number of anilines is 2. The lowest BCUT2D eigenvalue weighted by molar-refractivity contribution is -0.118. The topological polar surface area (TPSA) is 42.3 Å². The van der Waals surface area contributed by atoms with Gasteiger partial charge in [0.25, 0.3) is 5.91 Å². The smallest absolute Gasteiger partial charge is 0.251 e. The molecule has 0 radical (unpaired) electrons. The molecular formula is C23H15ClN2O2S. The van der Waals surface area contributed by atoms with E-state index in [-0.39, 0.29) is 12.5 Å². The van der Waals surface area contributed by atoms with Crippen LogP contribution in [0.3, 0.4) is 0 Å². The van der Waals surface area contributed by atoms with Crippen molar-refractivity contribution in [3.63, 3.8) is 0 Å². The highest BCUT2D eigenvalue weighted by Gasteiger charge is 2.28. The van der Waals surface area contributed by atoms with Crippen LogP contribution in [-0.4, -0.2) is 16.8 Å². The fourth-order valence-electron chi connectivity index (χ4n) is 3.71. The zero-order valence-corrected chi connectivity index (χ0v) is 16.8. The molecule has 29 heavy (non-hydrogen) atoms. The van der Waals surface area contributed by atoms with E-state index >= 15 is 0 Å². The predicted octanol–water partition coefficient (Wildman–Crippen LogP) is 5.94. The van der Waals surface area contributed by atoms with Gasteiger partial charge in [0.1, 0.15) is 6.54 Å². The van der Waals surface area contributed by atoms with E-state index in [9.17, 15) is 9.59 Å². The highest BCUT2D eigenvalue weighted by atomic mass is 35.5. The summed E-state index contributed by atoms with van der Waals surface area (Å²) in [7, 11) is 0. The van der Waals surface area contributed by atoms with E-state index in [0.29, 0.717) is 10.6 Å². The van der Waals surface area contributed by atoms with Crippen molar-refractivity contribution in [3.8, 4) is 0 Å². The van der Waals surface area contributed by atoms with E-state index in [1.54, 1.807) is 22.9 Å². The Labute approximate surface area is 176 Å². The van der Waals surface area contributed by atoms with Crippen LogP contribution in [0, 0.1) is 0 Å². The Morgan fingerprint density at radius 1 is 0.966 bits per heavy atom. The fraction of sp³-hybridized carbons (Fsp3) is 0.0435. The molecule has 0 fully saturated rings. The first-order valence-electron chi connectivity index (χ1n) is 9.08. The first-order valence-corrected chi connectivity index (χ1v) is 10.3. The molecule has 5 rings (SSSR count). The summed E-state index contributed by atoms with van der Waals surface area (Å²) in [5, 5.41) is 1.42. The summed E-state index contributed by atoms with van der Waals surface area (Å²) < 4.78 is 1.83. The second-order valence-corrected chi connectivity index (χ2v) is 8.28. The van der Waals surface area contributed by atoms with Crippen molar-refractivity contribution in [1.29, 1.82) is 0 Å². The summed E-state index contributed by atoms with van der Waals surface area (Å²) in [6, 6.07) is 21.0. The van der Waals surface area contributed by atoms with E-state index in [2.05, 4.69) is 0 Å². The third-order valence-corrected chi connectivity index (χ3v) is 6.35. The minimum atomic E-state index is -0.0977. The molecule has 2 heterocycles. The number of nitrogens with zero attached hydrogens (tertiary/aromatic N) is 2. The molecule has 0 saturated heterocycles.